The van der Waals surface area contributed by atoms with Gasteiger partial charge in [0.1, 0.15) is 5.94 Å². The first kappa shape index (κ1) is 11.5. The average molecular weight is 189 g/mol. The molecular weight excluding hydrogens is 174 g/mol. The Morgan fingerprint density at radius 1 is 1.67 bits per heavy atom. The van der Waals surface area contributed by atoms with Crippen LogP contribution in [0.25, 0.3) is 0 Å². The van der Waals surface area contributed by atoms with Crippen LogP contribution in [-0.2, 0) is 9.53 Å². The van der Waals surface area contributed by atoms with E-state index in [9.17, 15) is 4.79 Å². The zero-order chi connectivity index (χ0) is 9.40. The molecule has 0 aliphatic carbocycles. The lowest BCUT2D eigenvalue weighted by molar-refractivity contribution is -0.135. The summed E-state index contributed by atoms with van der Waals surface area (Å²) in [5, 5.41) is 0. The quantitative estimate of drug-likeness (QED) is 0.269. The van der Waals surface area contributed by atoms with Gasteiger partial charge in [-0.3, -0.25) is 0 Å². The van der Waals surface area contributed by atoms with E-state index < -0.39 is 0 Å². The number of carbonyl (C=O) groups is 1. The zero-order valence-electron chi connectivity index (χ0n) is 7.58. The summed E-state index contributed by atoms with van der Waals surface area (Å²) in [7, 11) is 4.02. The van der Waals surface area contributed by atoms with E-state index in [1.54, 1.807) is 11.8 Å². The maximum Gasteiger partial charge on any atom is 0.330 e. The van der Waals surface area contributed by atoms with Gasteiger partial charge in [0.25, 0.3) is 0 Å². The van der Waals surface area contributed by atoms with Crippen LogP contribution in [-0.4, -0.2) is 43.2 Å². The minimum atomic E-state index is -0.354. The minimum absolute atomic E-state index is 0.354. The van der Waals surface area contributed by atoms with Crippen LogP contribution < -0.4 is 0 Å². The molecule has 12 heavy (non-hydrogen) atoms. The normalized spacial score (nSPS) is 9.92. The fraction of sp³-hybridized carbons (Fsp3) is 0.625. The average Bonchev–Trinajstić information content (AvgIpc) is 2.03. The second kappa shape index (κ2) is 7.18. The minimum Gasteiger partial charge on any atom is -0.451 e. The zero-order valence-corrected chi connectivity index (χ0v) is 8.39. The first-order valence-corrected chi connectivity index (χ1v) is 4.84. The van der Waals surface area contributed by atoms with Crippen LogP contribution >= 0.6 is 11.8 Å². The lowest BCUT2D eigenvalue weighted by Crippen LogP contribution is -2.15. The van der Waals surface area contributed by atoms with E-state index in [1.807, 2.05) is 14.1 Å². The molecule has 0 atom stereocenters. The lowest BCUT2D eigenvalue weighted by atomic mass is 10.7. The van der Waals surface area contributed by atoms with Crippen LogP contribution in [0.3, 0.4) is 0 Å². The molecule has 0 aromatic carbocycles. The van der Waals surface area contributed by atoms with E-state index in [0.717, 1.165) is 12.3 Å². The summed E-state index contributed by atoms with van der Waals surface area (Å²) >= 11 is 1.59. The third-order valence-electron chi connectivity index (χ3n) is 1.13. The highest BCUT2D eigenvalue weighted by Gasteiger charge is 1.95. The SMILES string of the molecule is C=CC(=O)OCSCCN(C)C. The highest BCUT2D eigenvalue weighted by molar-refractivity contribution is 7.99. The van der Waals surface area contributed by atoms with Crippen molar-refractivity contribution in [2.75, 3.05) is 32.3 Å². The number of ether oxygens (including phenoxy) is 1. The summed E-state index contributed by atoms with van der Waals surface area (Å²) in [5.74, 6) is 1.03. The maximum absolute atomic E-state index is 10.5. The molecule has 4 heteroatoms. The number of hydrogen-bond donors (Lipinski definition) is 0. The molecule has 0 spiro atoms. The van der Waals surface area contributed by atoms with E-state index >= 15 is 0 Å². The van der Waals surface area contributed by atoms with Crippen LogP contribution in [0, 0.1) is 0 Å². The largest absolute Gasteiger partial charge is 0.451 e. The van der Waals surface area contributed by atoms with Gasteiger partial charge in [0.15, 0.2) is 0 Å². The van der Waals surface area contributed by atoms with Crippen LogP contribution in [0.5, 0.6) is 0 Å². The summed E-state index contributed by atoms with van der Waals surface area (Å²) in [5.41, 5.74) is 0. The fourth-order valence-electron chi connectivity index (χ4n) is 0.465. The van der Waals surface area contributed by atoms with Gasteiger partial charge in [0, 0.05) is 18.4 Å². The van der Waals surface area contributed by atoms with E-state index in [1.165, 1.54) is 6.08 Å². The molecule has 0 N–H and O–H groups in total. The molecule has 0 aliphatic rings. The highest BCUT2D eigenvalue weighted by atomic mass is 32.2. The van der Waals surface area contributed by atoms with Crippen molar-refractivity contribution < 1.29 is 9.53 Å². The summed E-state index contributed by atoms with van der Waals surface area (Å²) in [6, 6.07) is 0. The van der Waals surface area contributed by atoms with Crippen molar-refractivity contribution in [2.24, 2.45) is 0 Å². The topological polar surface area (TPSA) is 29.5 Å². The standard InChI is InChI=1S/C8H15NO2S/c1-4-8(10)11-7-12-6-5-9(2)3/h4H,1,5-7H2,2-3H3. The molecule has 0 amide bonds. The Kier molecular flexibility index (Phi) is 6.90. The molecule has 0 aromatic heterocycles. The summed E-state index contributed by atoms with van der Waals surface area (Å²) in [4.78, 5) is 12.6. The van der Waals surface area contributed by atoms with Crippen molar-refractivity contribution in [1.29, 1.82) is 0 Å². The molecule has 0 unspecified atom stereocenters. The van der Waals surface area contributed by atoms with Gasteiger partial charge in [-0.25, -0.2) is 4.79 Å². The molecular formula is C8H15NO2S. The van der Waals surface area contributed by atoms with Crippen LogP contribution in [0.15, 0.2) is 12.7 Å². The molecule has 0 rings (SSSR count). The molecule has 0 saturated heterocycles. The van der Waals surface area contributed by atoms with Gasteiger partial charge in [-0.05, 0) is 14.1 Å². The third-order valence-corrected chi connectivity index (χ3v) is 1.89. The predicted molar refractivity (Wildman–Crippen MR) is 52.2 cm³/mol. The molecule has 0 radical (unpaired) electrons. The van der Waals surface area contributed by atoms with E-state index in [4.69, 9.17) is 4.74 Å². The van der Waals surface area contributed by atoms with Gasteiger partial charge >= 0.3 is 5.97 Å². The van der Waals surface area contributed by atoms with Crippen molar-refractivity contribution in [3.63, 3.8) is 0 Å². The Bertz CT molecular complexity index is 148. The summed E-state index contributed by atoms with van der Waals surface area (Å²) in [6.07, 6.45) is 1.17. The molecule has 0 aliphatic heterocycles. The second-order valence-corrected chi connectivity index (χ2v) is 3.55. The first-order valence-electron chi connectivity index (χ1n) is 3.68. The Labute approximate surface area is 77.8 Å². The van der Waals surface area contributed by atoms with Gasteiger partial charge in [0.05, 0.1) is 0 Å². The number of nitrogens with zero attached hydrogens (tertiary/aromatic N) is 1. The second-order valence-electron chi connectivity index (χ2n) is 2.50. The summed E-state index contributed by atoms with van der Waals surface area (Å²) < 4.78 is 4.76. The Hall–Kier alpha value is -0.480. The Morgan fingerprint density at radius 2 is 2.33 bits per heavy atom. The molecule has 3 nitrogen and oxygen atoms in total. The molecule has 0 fully saturated rings. The van der Waals surface area contributed by atoms with Gasteiger partial charge in [0.2, 0.25) is 0 Å². The van der Waals surface area contributed by atoms with Gasteiger partial charge in [-0.2, -0.15) is 0 Å². The number of carbonyl (C=O) groups excluding carboxylic acids is 1. The highest BCUT2D eigenvalue weighted by Crippen LogP contribution is 2.00. The van der Waals surface area contributed by atoms with Crippen LogP contribution in [0.4, 0.5) is 0 Å². The van der Waals surface area contributed by atoms with E-state index in [2.05, 4.69) is 11.5 Å². The van der Waals surface area contributed by atoms with Crippen LogP contribution in [0.1, 0.15) is 0 Å². The van der Waals surface area contributed by atoms with Gasteiger partial charge in [-0.15, -0.1) is 11.8 Å². The molecule has 70 valence electrons. The lowest BCUT2D eigenvalue weighted by Gasteiger charge is -2.08. The maximum atomic E-state index is 10.5. The third kappa shape index (κ3) is 7.63. The molecule has 0 bridgehead atoms. The van der Waals surface area contributed by atoms with Gasteiger partial charge < -0.3 is 9.64 Å². The number of rotatable bonds is 6. The molecule has 0 aromatic rings. The monoisotopic (exact) mass is 189 g/mol. The van der Waals surface area contributed by atoms with Crippen molar-refractivity contribution in [2.45, 2.75) is 0 Å². The first-order chi connectivity index (χ1) is 5.66. The number of esters is 1. The van der Waals surface area contributed by atoms with E-state index in [0.29, 0.717) is 5.94 Å². The molecule has 0 saturated carbocycles. The van der Waals surface area contributed by atoms with Crippen molar-refractivity contribution in [3.05, 3.63) is 12.7 Å². The predicted octanol–water partition coefficient (Wildman–Crippen LogP) is 0.968. The van der Waals surface area contributed by atoms with Crippen molar-refractivity contribution in [1.82, 2.24) is 4.90 Å². The Balaban J connectivity index is 3.11. The Morgan fingerprint density at radius 3 is 2.83 bits per heavy atom. The number of hydrogen-bond acceptors (Lipinski definition) is 4. The fourth-order valence-corrected chi connectivity index (χ4v) is 1.28. The van der Waals surface area contributed by atoms with Gasteiger partial charge in [-0.1, -0.05) is 6.58 Å². The summed E-state index contributed by atoms with van der Waals surface area (Å²) in [6.45, 7) is 4.29. The van der Waals surface area contributed by atoms with Crippen molar-refractivity contribution in [3.8, 4) is 0 Å². The number of thioether (sulfide) groups is 1. The molecule has 0 heterocycles. The van der Waals surface area contributed by atoms with Crippen LogP contribution in [0.2, 0.25) is 0 Å². The van der Waals surface area contributed by atoms with E-state index in [-0.39, 0.29) is 5.97 Å². The van der Waals surface area contributed by atoms with Crippen molar-refractivity contribution >= 4 is 17.7 Å². The smallest absolute Gasteiger partial charge is 0.330 e.